The van der Waals surface area contributed by atoms with E-state index in [2.05, 4.69) is 20.8 Å². The lowest BCUT2D eigenvalue weighted by molar-refractivity contribution is -0.113. The lowest BCUT2D eigenvalue weighted by Gasteiger charge is -2.13. The van der Waals surface area contributed by atoms with E-state index in [0.29, 0.717) is 16.5 Å². The summed E-state index contributed by atoms with van der Waals surface area (Å²) < 4.78 is 1.80. The van der Waals surface area contributed by atoms with Crippen LogP contribution in [0, 0.1) is 13.8 Å². The van der Waals surface area contributed by atoms with Gasteiger partial charge in [-0.25, -0.2) is 0 Å². The minimum absolute atomic E-state index is 0.115. The maximum absolute atomic E-state index is 12.4. The summed E-state index contributed by atoms with van der Waals surface area (Å²) in [6.45, 7) is 5.81. The molecule has 3 rings (SSSR count). The minimum Gasteiger partial charge on any atom is -0.342 e. The van der Waals surface area contributed by atoms with Gasteiger partial charge in [-0.1, -0.05) is 41.6 Å². The zero-order valence-electron chi connectivity index (χ0n) is 17.5. The van der Waals surface area contributed by atoms with Crippen molar-refractivity contribution in [2.24, 2.45) is 7.05 Å². The number of nitrogens with one attached hydrogen (secondary N) is 2. The van der Waals surface area contributed by atoms with Crippen LogP contribution < -0.4 is 10.6 Å². The summed E-state index contributed by atoms with van der Waals surface area (Å²) >= 11 is 1.30. The number of carbonyl (C=O) groups is 2. The Morgan fingerprint density at radius 2 is 1.80 bits per heavy atom. The van der Waals surface area contributed by atoms with E-state index in [9.17, 15) is 9.59 Å². The zero-order chi connectivity index (χ0) is 21.7. The second-order valence-corrected chi connectivity index (χ2v) is 8.11. The van der Waals surface area contributed by atoms with Crippen LogP contribution in [0.2, 0.25) is 0 Å². The number of amides is 2. The van der Waals surface area contributed by atoms with Crippen molar-refractivity contribution in [1.82, 2.24) is 20.1 Å². The first-order valence-corrected chi connectivity index (χ1v) is 10.6. The van der Waals surface area contributed by atoms with Gasteiger partial charge in [-0.15, -0.1) is 10.2 Å². The fraction of sp³-hybridized carbons (Fsp3) is 0.273. The first-order chi connectivity index (χ1) is 14.3. The summed E-state index contributed by atoms with van der Waals surface area (Å²) in [6, 6.07) is 14.7. The van der Waals surface area contributed by atoms with E-state index in [4.69, 9.17) is 0 Å². The molecule has 0 radical (unpaired) electrons. The number of aryl methyl sites for hydroxylation is 2. The number of benzene rings is 2. The highest BCUT2D eigenvalue weighted by Gasteiger charge is 2.19. The lowest BCUT2D eigenvalue weighted by atomic mass is 10.1. The Labute approximate surface area is 180 Å². The van der Waals surface area contributed by atoms with Gasteiger partial charge in [-0.05, 0) is 50.6 Å². The fourth-order valence-electron chi connectivity index (χ4n) is 2.93. The highest BCUT2D eigenvalue weighted by molar-refractivity contribution is 7.99. The molecule has 2 N–H and O–H groups in total. The number of nitrogens with zero attached hydrogens (tertiary/aromatic N) is 3. The van der Waals surface area contributed by atoms with Crippen LogP contribution in [-0.2, 0) is 11.8 Å². The highest BCUT2D eigenvalue weighted by atomic mass is 32.2. The SMILES string of the molecule is Cc1ccc(C(=O)N[C@H](C)c2nnc(SCC(=O)Nc3cccc(C)c3)n2C)cc1. The molecule has 1 atom stereocenters. The molecule has 0 saturated heterocycles. The maximum Gasteiger partial charge on any atom is 0.251 e. The molecule has 0 bridgehead atoms. The Morgan fingerprint density at radius 1 is 1.07 bits per heavy atom. The molecule has 1 heterocycles. The number of hydrogen-bond donors (Lipinski definition) is 2. The number of thioether (sulfide) groups is 1. The van der Waals surface area contributed by atoms with Crippen molar-refractivity contribution in [1.29, 1.82) is 0 Å². The summed E-state index contributed by atoms with van der Waals surface area (Å²) in [7, 11) is 1.82. The third-order valence-electron chi connectivity index (χ3n) is 4.55. The first-order valence-electron chi connectivity index (χ1n) is 9.59. The standard InChI is InChI=1S/C22H25N5O2S/c1-14-8-10-17(11-9-14)21(29)23-16(3)20-25-26-22(27(20)4)30-13-19(28)24-18-7-5-6-15(2)12-18/h5-12,16H,13H2,1-4H3,(H,23,29)(H,24,28)/t16-/m1/s1. The van der Waals surface area contributed by atoms with E-state index in [0.717, 1.165) is 16.8 Å². The van der Waals surface area contributed by atoms with Crippen LogP contribution in [0.25, 0.3) is 0 Å². The molecule has 8 heteroatoms. The Morgan fingerprint density at radius 3 is 2.50 bits per heavy atom. The fourth-order valence-corrected chi connectivity index (χ4v) is 3.65. The molecule has 0 saturated carbocycles. The normalized spacial score (nSPS) is 11.7. The number of hydrogen-bond acceptors (Lipinski definition) is 5. The van der Waals surface area contributed by atoms with Crippen LogP contribution in [0.5, 0.6) is 0 Å². The van der Waals surface area contributed by atoms with Gasteiger partial charge < -0.3 is 15.2 Å². The van der Waals surface area contributed by atoms with Gasteiger partial charge in [0.1, 0.15) is 0 Å². The van der Waals surface area contributed by atoms with Crippen molar-refractivity contribution in [3.05, 3.63) is 71.0 Å². The smallest absolute Gasteiger partial charge is 0.251 e. The second kappa shape index (κ2) is 9.58. The molecular weight excluding hydrogens is 398 g/mol. The Bertz CT molecular complexity index is 1050. The lowest BCUT2D eigenvalue weighted by Crippen LogP contribution is -2.28. The van der Waals surface area contributed by atoms with Crippen molar-refractivity contribution < 1.29 is 9.59 Å². The quantitative estimate of drug-likeness (QED) is 0.566. The Hall–Kier alpha value is -3.13. The Kier molecular flexibility index (Phi) is 6.89. The molecular formula is C22H25N5O2S. The number of anilines is 1. The number of rotatable bonds is 7. The van der Waals surface area contributed by atoms with Gasteiger partial charge in [-0.3, -0.25) is 9.59 Å². The van der Waals surface area contributed by atoms with Gasteiger partial charge in [-0.2, -0.15) is 0 Å². The first kappa shape index (κ1) is 21.6. The third kappa shape index (κ3) is 5.48. The van der Waals surface area contributed by atoms with E-state index < -0.39 is 0 Å². The summed E-state index contributed by atoms with van der Waals surface area (Å²) in [5.41, 5.74) is 3.55. The molecule has 0 fully saturated rings. The van der Waals surface area contributed by atoms with Crippen LogP contribution in [0.15, 0.2) is 53.7 Å². The van der Waals surface area contributed by atoms with Gasteiger partial charge in [0.2, 0.25) is 5.91 Å². The van der Waals surface area contributed by atoms with E-state index in [-0.39, 0.29) is 23.6 Å². The maximum atomic E-state index is 12.4. The van der Waals surface area contributed by atoms with Crippen LogP contribution in [0.4, 0.5) is 5.69 Å². The average molecular weight is 424 g/mol. The van der Waals surface area contributed by atoms with Gasteiger partial charge >= 0.3 is 0 Å². The second-order valence-electron chi connectivity index (χ2n) is 7.17. The van der Waals surface area contributed by atoms with E-state index in [1.807, 2.05) is 64.2 Å². The largest absolute Gasteiger partial charge is 0.342 e. The van der Waals surface area contributed by atoms with Gasteiger partial charge in [0.15, 0.2) is 11.0 Å². The van der Waals surface area contributed by atoms with Crippen molar-refractivity contribution in [2.45, 2.75) is 32.0 Å². The van der Waals surface area contributed by atoms with Crippen LogP contribution in [0.3, 0.4) is 0 Å². The predicted octanol–water partition coefficient (Wildman–Crippen LogP) is 3.65. The highest BCUT2D eigenvalue weighted by Crippen LogP contribution is 2.20. The topological polar surface area (TPSA) is 88.9 Å². The van der Waals surface area contributed by atoms with Crippen LogP contribution >= 0.6 is 11.8 Å². The van der Waals surface area contributed by atoms with Gasteiger partial charge in [0.25, 0.3) is 5.91 Å². The van der Waals surface area contributed by atoms with Gasteiger partial charge in [0, 0.05) is 18.3 Å². The molecule has 3 aromatic rings. The number of aromatic nitrogens is 3. The predicted molar refractivity (Wildman–Crippen MR) is 119 cm³/mol. The summed E-state index contributed by atoms with van der Waals surface area (Å²) in [4.78, 5) is 24.7. The van der Waals surface area contributed by atoms with Gasteiger partial charge in [0.05, 0.1) is 11.8 Å². The molecule has 7 nitrogen and oxygen atoms in total. The third-order valence-corrected chi connectivity index (χ3v) is 5.57. The molecule has 2 aromatic carbocycles. The summed E-state index contributed by atoms with van der Waals surface area (Å²) in [6.07, 6.45) is 0. The van der Waals surface area contributed by atoms with E-state index in [1.165, 1.54) is 11.8 Å². The van der Waals surface area contributed by atoms with E-state index in [1.54, 1.807) is 16.7 Å². The van der Waals surface area contributed by atoms with E-state index >= 15 is 0 Å². The molecule has 1 aromatic heterocycles. The summed E-state index contributed by atoms with van der Waals surface area (Å²) in [5.74, 6) is 0.550. The molecule has 0 spiro atoms. The molecule has 156 valence electrons. The molecule has 30 heavy (non-hydrogen) atoms. The monoisotopic (exact) mass is 423 g/mol. The van der Waals surface area contributed by atoms with Crippen molar-refractivity contribution in [3.8, 4) is 0 Å². The van der Waals surface area contributed by atoms with Crippen molar-refractivity contribution in [3.63, 3.8) is 0 Å². The molecule has 0 unspecified atom stereocenters. The van der Waals surface area contributed by atoms with Crippen molar-refractivity contribution >= 4 is 29.3 Å². The molecule has 0 aliphatic rings. The molecule has 0 aliphatic heterocycles. The minimum atomic E-state index is -0.327. The van der Waals surface area contributed by atoms with Crippen LogP contribution in [-0.4, -0.2) is 32.3 Å². The summed E-state index contributed by atoms with van der Waals surface area (Å²) in [5, 5.41) is 14.8. The molecule has 2 amide bonds. The molecule has 0 aliphatic carbocycles. The average Bonchev–Trinajstić information content (AvgIpc) is 3.07. The zero-order valence-corrected chi connectivity index (χ0v) is 18.3. The number of carbonyl (C=O) groups excluding carboxylic acids is 2. The Balaban J connectivity index is 1.57. The van der Waals surface area contributed by atoms with Crippen LogP contribution in [0.1, 0.15) is 40.3 Å². The van der Waals surface area contributed by atoms with Crippen molar-refractivity contribution in [2.75, 3.05) is 11.1 Å².